The highest BCUT2D eigenvalue weighted by Gasteiger charge is 2.56. The van der Waals surface area contributed by atoms with Gasteiger partial charge in [0, 0.05) is 28.2 Å². The molecule has 2 aromatic rings. The van der Waals surface area contributed by atoms with Crippen LogP contribution in [0.1, 0.15) is 31.2 Å². The van der Waals surface area contributed by atoms with Crippen molar-refractivity contribution in [2.24, 2.45) is 17.8 Å². The zero-order chi connectivity index (χ0) is 23.9. The molecule has 2 amide bonds. The second kappa shape index (κ2) is 7.08. The van der Waals surface area contributed by atoms with Crippen molar-refractivity contribution < 1.29 is 29.5 Å². The summed E-state index contributed by atoms with van der Waals surface area (Å²) in [4.78, 5) is 51.9. The lowest BCUT2D eigenvalue weighted by molar-refractivity contribution is -0.173. The van der Waals surface area contributed by atoms with Gasteiger partial charge in [0.1, 0.15) is 5.75 Å². The van der Waals surface area contributed by atoms with E-state index < -0.39 is 35.5 Å². The van der Waals surface area contributed by atoms with Gasteiger partial charge < -0.3 is 5.11 Å². The zero-order valence-corrected chi connectivity index (χ0v) is 18.3. The van der Waals surface area contributed by atoms with Crippen LogP contribution in [-0.4, -0.2) is 38.8 Å². The molecule has 34 heavy (non-hydrogen) atoms. The minimum atomic E-state index is -0.818. The number of phenols is 1. The number of hydrogen-bond acceptors (Lipinski definition) is 6. The van der Waals surface area contributed by atoms with Crippen LogP contribution in [0.2, 0.25) is 0 Å². The van der Waals surface area contributed by atoms with Crippen LogP contribution in [0, 0.1) is 17.8 Å². The number of hydroxylamine groups is 2. The molecule has 0 aromatic heterocycles. The topological polar surface area (TPSA) is 112 Å². The molecule has 0 radical (unpaired) electrons. The van der Waals surface area contributed by atoms with Crippen molar-refractivity contribution >= 4 is 34.2 Å². The Morgan fingerprint density at radius 2 is 1.74 bits per heavy atom. The number of imide groups is 1. The van der Waals surface area contributed by atoms with Gasteiger partial charge in [-0.1, -0.05) is 42.0 Å². The van der Waals surface area contributed by atoms with E-state index >= 15 is 0 Å². The number of phenolic OH excluding ortho intramolecular Hbond substituents is 1. The summed E-state index contributed by atoms with van der Waals surface area (Å²) in [6.07, 6.45) is 3.54. The lowest BCUT2D eigenvalue weighted by Gasteiger charge is -2.42. The Bertz CT molecular complexity index is 1440. The van der Waals surface area contributed by atoms with Crippen molar-refractivity contribution in [1.82, 2.24) is 5.06 Å². The molecule has 3 aliphatic carbocycles. The van der Waals surface area contributed by atoms with E-state index in [1.807, 2.05) is 30.3 Å². The second-order valence-corrected chi connectivity index (χ2v) is 9.44. The molecular formula is C27H21NO6. The van der Waals surface area contributed by atoms with Crippen LogP contribution in [0.25, 0.3) is 10.8 Å². The first-order valence-electron chi connectivity index (χ1n) is 11.3. The summed E-state index contributed by atoms with van der Waals surface area (Å²) in [6.45, 7) is 1.60. The smallest absolute Gasteiger partial charge is 0.257 e. The predicted octanol–water partition coefficient (Wildman–Crippen LogP) is 3.36. The van der Waals surface area contributed by atoms with Crippen LogP contribution in [0.4, 0.5) is 0 Å². The van der Waals surface area contributed by atoms with Gasteiger partial charge in [0.25, 0.3) is 11.8 Å². The highest BCUT2D eigenvalue weighted by molar-refractivity contribution is 6.24. The van der Waals surface area contributed by atoms with E-state index in [2.05, 4.69) is 0 Å². The van der Waals surface area contributed by atoms with Crippen LogP contribution in [0.3, 0.4) is 0 Å². The Morgan fingerprint density at radius 1 is 0.971 bits per heavy atom. The van der Waals surface area contributed by atoms with Crippen molar-refractivity contribution in [3.05, 3.63) is 76.4 Å². The minimum absolute atomic E-state index is 0.00992. The quantitative estimate of drug-likeness (QED) is 0.295. The molecular weight excluding hydrogens is 434 g/mol. The molecule has 1 fully saturated rings. The average molecular weight is 455 g/mol. The first-order valence-corrected chi connectivity index (χ1v) is 11.3. The predicted molar refractivity (Wildman–Crippen MR) is 121 cm³/mol. The van der Waals surface area contributed by atoms with Gasteiger partial charge in [-0.05, 0) is 48.6 Å². The Morgan fingerprint density at radius 3 is 2.53 bits per heavy atom. The fourth-order valence-electron chi connectivity index (χ4n) is 6.26. The molecule has 7 heteroatoms. The van der Waals surface area contributed by atoms with Gasteiger partial charge in [0.15, 0.2) is 11.6 Å². The van der Waals surface area contributed by atoms with E-state index in [9.17, 15) is 29.5 Å². The third-order valence-electron chi connectivity index (χ3n) is 7.78. The summed E-state index contributed by atoms with van der Waals surface area (Å²) in [5.74, 6) is -4.70. The summed E-state index contributed by atoms with van der Waals surface area (Å²) in [5.41, 5.74) is 2.21. The number of ketones is 2. The molecule has 0 bridgehead atoms. The lowest BCUT2D eigenvalue weighted by atomic mass is 9.59. The largest absolute Gasteiger partial charge is 0.508 e. The van der Waals surface area contributed by atoms with Crippen molar-refractivity contribution in [1.29, 1.82) is 0 Å². The number of nitrogens with zero attached hydrogens (tertiary/aromatic N) is 1. The van der Waals surface area contributed by atoms with E-state index in [0.29, 0.717) is 22.3 Å². The molecule has 1 heterocycles. The van der Waals surface area contributed by atoms with E-state index in [1.165, 1.54) is 6.08 Å². The van der Waals surface area contributed by atoms with E-state index in [0.717, 1.165) is 16.3 Å². The number of amides is 2. The highest BCUT2D eigenvalue weighted by atomic mass is 16.5. The van der Waals surface area contributed by atoms with Crippen LogP contribution in [-0.2, 0) is 19.2 Å². The first kappa shape index (κ1) is 20.7. The van der Waals surface area contributed by atoms with Gasteiger partial charge in [-0.2, -0.15) is 5.06 Å². The van der Waals surface area contributed by atoms with Gasteiger partial charge in [-0.25, -0.2) is 0 Å². The average Bonchev–Trinajstić information content (AvgIpc) is 3.05. The number of allylic oxidation sites excluding steroid dienone is 6. The number of carbonyl (C=O) groups is 4. The number of hydrogen-bond donors (Lipinski definition) is 2. The maximum atomic E-state index is 13.5. The SMILES string of the molecule is CC1=CC(=O)C2=C(C1=O)[C@@H](c1c(O)ccc3ccccc13)C1=CC[C@@H]3C(=O)N(O)C(=O)[C@@H]3[C@@H]1C2. The zero-order valence-electron chi connectivity index (χ0n) is 18.3. The van der Waals surface area contributed by atoms with Crippen molar-refractivity contribution in [2.45, 2.75) is 25.7 Å². The van der Waals surface area contributed by atoms with Crippen LogP contribution < -0.4 is 0 Å². The van der Waals surface area contributed by atoms with Gasteiger partial charge in [-0.3, -0.25) is 24.4 Å². The number of fused-ring (bicyclic) bond motifs is 4. The third-order valence-corrected chi connectivity index (χ3v) is 7.78. The van der Waals surface area contributed by atoms with E-state index in [-0.39, 0.29) is 35.2 Å². The van der Waals surface area contributed by atoms with Crippen molar-refractivity contribution in [3.8, 4) is 5.75 Å². The molecule has 1 saturated heterocycles. The standard InChI is InChI=1S/C27H21NO6/c1-12-10-20(30)18-11-17-15(7-8-16-21(17)27(33)28(34)26(16)32)23(24(18)25(12)31)22-14-5-3-2-4-13(14)6-9-19(22)29/h2-7,9-10,16-17,21,23,29,34H,8,11H2,1H3/t16-,17+,21-,23+/m0/s1. The van der Waals surface area contributed by atoms with E-state index in [1.54, 1.807) is 19.1 Å². The minimum Gasteiger partial charge on any atom is -0.508 e. The summed E-state index contributed by atoms with van der Waals surface area (Å²) in [7, 11) is 0. The fourth-order valence-corrected chi connectivity index (χ4v) is 6.26. The van der Waals surface area contributed by atoms with Gasteiger partial charge in [0.2, 0.25) is 0 Å². The van der Waals surface area contributed by atoms with Crippen molar-refractivity contribution in [2.75, 3.05) is 0 Å². The first-order chi connectivity index (χ1) is 16.3. The number of carbonyl (C=O) groups excluding carboxylic acids is 4. The molecule has 6 rings (SSSR count). The number of benzene rings is 2. The number of rotatable bonds is 1. The molecule has 2 aromatic carbocycles. The summed E-state index contributed by atoms with van der Waals surface area (Å²) >= 11 is 0. The van der Waals surface area contributed by atoms with Gasteiger partial charge in [-0.15, -0.1) is 0 Å². The Kier molecular flexibility index (Phi) is 4.32. The molecule has 2 N–H and O–H groups in total. The maximum Gasteiger partial charge on any atom is 0.257 e. The summed E-state index contributed by atoms with van der Waals surface area (Å²) in [5, 5.41) is 22.9. The third kappa shape index (κ3) is 2.61. The molecule has 0 saturated carbocycles. The molecule has 4 atom stereocenters. The highest BCUT2D eigenvalue weighted by Crippen LogP contribution is 2.56. The van der Waals surface area contributed by atoms with E-state index in [4.69, 9.17) is 0 Å². The molecule has 0 spiro atoms. The Balaban J connectivity index is 1.64. The lowest BCUT2D eigenvalue weighted by Crippen LogP contribution is -2.39. The molecule has 4 aliphatic rings. The second-order valence-electron chi connectivity index (χ2n) is 9.44. The molecule has 1 aliphatic heterocycles. The summed E-state index contributed by atoms with van der Waals surface area (Å²) < 4.78 is 0. The number of Topliss-reactive ketones (excluding diaryl/α,β-unsaturated/α-hetero) is 1. The van der Waals surface area contributed by atoms with Crippen LogP contribution in [0.5, 0.6) is 5.75 Å². The molecule has 0 unspecified atom stereocenters. The Labute approximate surface area is 194 Å². The molecule has 7 nitrogen and oxygen atoms in total. The van der Waals surface area contributed by atoms with Crippen molar-refractivity contribution in [3.63, 3.8) is 0 Å². The van der Waals surface area contributed by atoms with Crippen LogP contribution >= 0.6 is 0 Å². The Hall–Kier alpha value is -3.84. The van der Waals surface area contributed by atoms with Gasteiger partial charge in [0.05, 0.1) is 11.8 Å². The number of aromatic hydroxyl groups is 1. The normalized spacial score (nSPS) is 28.6. The summed E-state index contributed by atoms with van der Waals surface area (Å²) in [6, 6.07) is 10.8. The van der Waals surface area contributed by atoms with Gasteiger partial charge >= 0.3 is 0 Å². The maximum absolute atomic E-state index is 13.5. The fraction of sp³-hybridized carbons (Fsp3) is 0.259. The monoisotopic (exact) mass is 455 g/mol. The van der Waals surface area contributed by atoms with Crippen LogP contribution in [0.15, 0.2) is 70.8 Å². The molecule has 170 valence electrons.